The summed E-state index contributed by atoms with van der Waals surface area (Å²) in [5, 5.41) is 0. The Morgan fingerprint density at radius 1 is 1.19 bits per heavy atom. The Morgan fingerprint density at radius 2 is 1.96 bits per heavy atom. The van der Waals surface area contributed by atoms with Crippen LogP contribution in [-0.4, -0.2) is 41.8 Å². The Labute approximate surface area is 154 Å². The lowest BCUT2D eigenvalue weighted by Crippen LogP contribution is -2.42. The van der Waals surface area contributed by atoms with Gasteiger partial charge in [-0.1, -0.05) is 12.1 Å². The lowest BCUT2D eigenvalue weighted by atomic mass is 9.89. The molecule has 0 saturated carbocycles. The maximum atomic E-state index is 12.9. The van der Waals surface area contributed by atoms with Gasteiger partial charge in [0.05, 0.1) is 12.7 Å². The summed E-state index contributed by atoms with van der Waals surface area (Å²) >= 11 is 0. The van der Waals surface area contributed by atoms with E-state index in [4.69, 9.17) is 4.74 Å². The van der Waals surface area contributed by atoms with Gasteiger partial charge in [0.15, 0.2) is 5.78 Å². The topological polar surface area (TPSA) is 59.5 Å². The van der Waals surface area contributed by atoms with Crippen molar-refractivity contribution in [1.82, 2.24) is 9.88 Å². The van der Waals surface area contributed by atoms with Gasteiger partial charge in [0.2, 0.25) is 5.91 Å². The smallest absolute Gasteiger partial charge is 0.222 e. The standard InChI is InChI=1S/C21H24N2O3/c1-26-19-7-3-2-6-18(19)21(25)17-5-4-14-23(15-17)20(24)9-8-16-10-12-22-13-11-16/h2-3,6-7,10-13,17H,4-5,8-9,14-15H2,1H3/t17-/m1/s1. The third-order valence-electron chi connectivity index (χ3n) is 4.89. The number of aromatic nitrogens is 1. The van der Waals surface area contributed by atoms with Crippen LogP contribution in [0.3, 0.4) is 0 Å². The number of methoxy groups -OCH3 is 1. The number of rotatable bonds is 6. The minimum Gasteiger partial charge on any atom is -0.496 e. The molecule has 136 valence electrons. The molecule has 0 N–H and O–H groups in total. The van der Waals surface area contributed by atoms with Gasteiger partial charge in [-0.3, -0.25) is 14.6 Å². The largest absolute Gasteiger partial charge is 0.496 e. The highest BCUT2D eigenvalue weighted by atomic mass is 16.5. The SMILES string of the molecule is COc1ccccc1C(=O)[C@@H]1CCCN(C(=O)CCc2ccncc2)C1. The van der Waals surface area contributed by atoms with Crippen LogP contribution in [0.15, 0.2) is 48.8 Å². The van der Waals surface area contributed by atoms with Crippen molar-refractivity contribution in [2.75, 3.05) is 20.2 Å². The van der Waals surface area contributed by atoms with Crippen LogP contribution in [0.1, 0.15) is 35.2 Å². The third-order valence-corrected chi connectivity index (χ3v) is 4.89. The number of likely N-dealkylation sites (tertiary alicyclic amines) is 1. The zero-order valence-corrected chi connectivity index (χ0v) is 15.1. The Hall–Kier alpha value is -2.69. The summed E-state index contributed by atoms with van der Waals surface area (Å²) in [7, 11) is 1.57. The molecule has 1 fully saturated rings. The highest BCUT2D eigenvalue weighted by Gasteiger charge is 2.30. The highest BCUT2D eigenvalue weighted by molar-refractivity contribution is 6.00. The second-order valence-electron chi connectivity index (χ2n) is 6.60. The highest BCUT2D eigenvalue weighted by Crippen LogP contribution is 2.26. The number of para-hydroxylation sites is 1. The molecule has 3 rings (SSSR count). The minimum atomic E-state index is -0.162. The fourth-order valence-electron chi connectivity index (χ4n) is 3.44. The van der Waals surface area contributed by atoms with Gasteiger partial charge in [0.1, 0.15) is 5.75 Å². The van der Waals surface area contributed by atoms with Crippen molar-refractivity contribution in [1.29, 1.82) is 0 Å². The fraction of sp³-hybridized carbons (Fsp3) is 0.381. The van der Waals surface area contributed by atoms with Crippen molar-refractivity contribution < 1.29 is 14.3 Å². The van der Waals surface area contributed by atoms with E-state index in [0.29, 0.717) is 30.7 Å². The summed E-state index contributed by atoms with van der Waals surface area (Å²) in [6.07, 6.45) is 6.30. The van der Waals surface area contributed by atoms with E-state index in [9.17, 15) is 9.59 Å². The van der Waals surface area contributed by atoms with Gasteiger partial charge in [-0.2, -0.15) is 0 Å². The van der Waals surface area contributed by atoms with E-state index in [0.717, 1.165) is 24.9 Å². The summed E-state index contributed by atoms with van der Waals surface area (Å²) in [6.45, 7) is 1.22. The maximum Gasteiger partial charge on any atom is 0.222 e. The molecular weight excluding hydrogens is 328 g/mol. The van der Waals surface area contributed by atoms with Gasteiger partial charge >= 0.3 is 0 Å². The molecule has 1 saturated heterocycles. The predicted molar refractivity (Wildman–Crippen MR) is 99.2 cm³/mol. The van der Waals surface area contributed by atoms with Gasteiger partial charge in [-0.25, -0.2) is 0 Å². The Morgan fingerprint density at radius 3 is 2.73 bits per heavy atom. The summed E-state index contributed by atoms with van der Waals surface area (Å²) in [4.78, 5) is 31.3. The van der Waals surface area contributed by atoms with Crippen LogP contribution >= 0.6 is 0 Å². The molecule has 0 aliphatic carbocycles. The summed E-state index contributed by atoms with van der Waals surface area (Å²) in [6, 6.07) is 11.1. The molecule has 26 heavy (non-hydrogen) atoms. The number of hydrogen-bond donors (Lipinski definition) is 0. The van der Waals surface area contributed by atoms with Crippen LogP contribution in [0.5, 0.6) is 5.75 Å². The Bertz CT molecular complexity index is 761. The van der Waals surface area contributed by atoms with E-state index < -0.39 is 0 Å². The van der Waals surface area contributed by atoms with E-state index in [1.165, 1.54) is 0 Å². The van der Waals surface area contributed by atoms with Gasteiger partial charge in [-0.15, -0.1) is 0 Å². The number of nitrogens with zero attached hydrogens (tertiary/aromatic N) is 2. The number of amides is 1. The minimum absolute atomic E-state index is 0.0640. The molecule has 1 aliphatic rings. The third kappa shape index (κ3) is 4.28. The molecular formula is C21H24N2O3. The molecule has 1 aliphatic heterocycles. The second kappa shape index (κ2) is 8.61. The monoisotopic (exact) mass is 352 g/mol. The summed E-state index contributed by atoms with van der Waals surface area (Å²) < 4.78 is 5.31. The molecule has 1 amide bonds. The van der Waals surface area contributed by atoms with Gasteiger partial charge in [0, 0.05) is 37.8 Å². The van der Waals surface area contributed by atoms with Crippen molar-refractivity contribution in [2.45, 2.75) is 25.7 Å². The van der Waals surface area contributed by atoms with E-state index in [-0.39, 0.29) is 17.6 Å². The maximum absolute atomic E-state index is 12.9. The number of Topliss-reactive ketones (excluding diaryl/α,β-unsaturated/α-hetero) is 1. The van der Waals surface area contributed by atoms with E-state index in [1.807, 2.05) is 29.2 Å². The number of hydrogen-bond acceptors (Lipinski definition) is 4. The number of carbonyl (C=O) groups excluding carboxylic acids is 2. The zero-order valence-electron chi connectivity index (χ0n) is 15.1. The van der Waals surface area contributed by atoms with Gasteiger partial charge in [-0.05, 0) is 49.1 Å². The normalized spacial score (nSPS) is 17.0. The molecule has 0 unspecified atom stereocenters. The number of ether oxygens (including phenoxy) is 1. The molecule has 0 radical (unpaired) electrons. The van der Waals surface area contributed by atoms with Crippen molar-refractivity contribution in [3.63, 3.8) is 0 Å². The van der Waals surface area contributed by atoms with Crippen molar-refractivity contribution >= 4 is 11.7 Å². The molecule has 5 heteroatoms. The lowest BCUT2D eigenvalue weighted by Gasteiger charge is -2.32. The second-order valence-corrected chi connectivity index (χ2v) is 6.60. The quantitative estimate of drug-likeness (QED) is 0.750. The molecule has 5 nitrogen and oxygen atoms in total. The first-order chi connectivity index (χ1) is 12.7. The molecule has 1 aromatic heterocycles. The molecule has 0 bridgehead atoms. The molecule has 1 atom stereocenters. The molecule has 0 spiro atoms. The predicted octanol–water partition coefficient (Wildman–Crippen LogP) is 3.14. The molecule has 1 aromatic carbocycles. The summed E-state index contributed by atoms with van der Waals surface area (Å²) in [5.41, 5.74) is 1.71. The summed E-state index contributed by atoms with van der Waals surface area (Å²) in [5.74, 6) is 0.608. The first kappa shape index (κ1) is 18.1. The average Bonchev–Trinajstić information content (AvgIpc) is 2.72. The molecule has 2 heterocycles. The van der Waals surface area contributed by atoms with Crippen molar-refractivity contribution in [3.8, 4) is 5.75 Å². The number of carbonyl (C=O) groups is 2. The van der Waals surface area contributed by atoms with Crippen LogP contribution in [0.25, 0.3) is 0 Å². The zero-order chi connectivity index (χ0) is 18.4. The van der Waals surface area contributed by atoms with Crippen LogP contribution < -0.4 is 4.74 Å². The van der Waals surface area contributed by atoms with Crippen LogP contribution in [0.4, 0.5) is 0 Å². The average molecular weight is 352 g/mol. The van der Waals surface area contributed by atoms with Crippen LogP contribution in [-0.2, 0) is 11.2 Å². The molecule has 2 aromatic rings. The van der Waals surface area contributed by atoms with Crippen molar-refractivity contribution in [2.24, 2.45) is 5.92 Å². The lowest BCUT2D eigenvalue weighted by molar-refractivity contribution is -0.132. The van der Waals surface area contributed by atoms with Crippen molar-refractivity contribution in [3.05, 3.63) is 59.9 Å². The van der Waals surface area contributed by atoms with Crippen LogP contribution in [0, 0.1) is 5.92 Å². The number of aryl methyl sites for hydroxylation is 1. The number of pyridine rings is 1. The van der Waals surface area contributed by atoms with Gasteiger partial charge in [0.25, 0.3) is 0 Å². The Balaban J connectivity index is 1.61. The van der Waals surface area contributed by atoms with E-state index in [1.54, 1.807) is 31.6 Å². The fourth-order valence-corrected chi connectivity index (χ4v) is 3.44. The number of piperidine rings is 1. The number of benzene rings is 1. The van der Waals surface area contributed by atoms with E-state index >= 15 is 0 Å². The van der Waals surface area contributed by atoms with Crippen LogP contribution in [0.2, 0.25) is 0 Å². The Kier molecular flexibility index (Phi) is 6.00. The first-order valence-corrected chi connectivity index (χ1v) is 9.03. The number of ketones is 1. The van der Waals surface area contributed by atoms with E-state index in [2.05, 4.69) is 4.98 Å². The first-order valence-electron chi connectivity index (χ1n) is 9.03. The van der Waals surface area contributed by atoms with Gasteiger partial charge < -0.3 is 9.64 Å².